The molecule has 0 aromatic carbocycles. The summed E-state index contributed by atoms with van der Waals surface area (Å²) in [5, 5.41) is 32.8. The average Bonchev–Trinajstić information content (AvgIpc) is 2.40. The zero-order valence-electron chi connectivity index (χ0n) is 15.2. The van der Waals surface area contributed by atoms with Gasteiger partial charge in [-0.2, -0.15) is 0 Å². The average molecular weight is 362 g/mol. The van der Waals surface area contributed by atoms with E-state index in [0.717, 1.165) is 6.61 Å². The Morgan fingerprint density at radius 3 is 0.857 bits per heavy atom. The predicted molar refractivity (Wildman–Crippen MR) is 89.4 cm³/mol. The molecule has 0 aliphatic heterocycles. The van der Waals surface area contributed by atoms with E-state index >= 15 is 0 Å². The molecular formula is C14H39AlO5Ti. The van der Waals surface area contributed by atoms with Crippen molar-refractivity contribution in [1.82, 2.24) is 0 Å². The van der Waals surface area contributed by atoms with E-state index < -0.39 is 14.5 Å². The van der Waals surface area contributed by atoms with Crippen LogP contribution in [0.1, 0.15) is 48.5 Å². The number of hydrogen-bond acceptors (Lipinski definition) is 5. The fraction of sp³-hybridized carbons (Fsp3) is 1.00. The molecule has 0 amide bonds. The molecule has 4 N–H and O–H groups in total. The van der Waals surface area contributed by atoms with Gasteiger partial charge in [-0.3, -0.25) is 0 Å². The Balaban J connectivity index is -0.0000000369. The zero-order chi connectivity index (χ0) is 17.2. The first kappa shape index (κ1) is 37.9. The largest absolute Gasteiger partial charge is 0.501 e. The quantitative estimate of drug-likeness (QED) is 0.575. The molecule has 0 aliphatic carbocycles. The summed E-state index contributed by atoms with van der Waals surface area (Å²) in [5.74, 6) is 0. The molecule has 0 unspecified atom stereocenters. The Kier molecular flexibility index (Phi) is 105. The van der Waals surface area contributed by atoms with Crippen molar-refractivity contribution < 1.29 is 45.9 Å². The number of hydrogen-bond donors (Lipinski definition) is 4. The van der Waals surface area contributed by atoms with E-state index in [2.05, 4.69) is 20.8 Å². The molecule has 5 nitrogen and oxygen atoms in total. The van der Waals surface area contributed by atoms with Gasteiger partial charge in [0.1, 0.15) is 0 Å². The third-order valence-corrected chi connectivity index (χ3v) is 3.94. The topological polar surface area (TPSA) is 90.2 Å². The summed E-state index contributed by atoms with van der Waals surface area (Å²) in [6.07, 6.45) is 0. The van der Waals surface area contributed by atoms with Gasteiger partial charge in [0, 0.05) is 54.8 Å². The molecule has 0 rings (SSSR count). The second-order valence-electron chi connectivity index (χ2n) is 3.16. The maximum Gasteiger partial charge on any atom is 0.460 e. The minimum Gasteiger partial charge on any atom is -0.501 e. The normalized spacial score (nSPS) is 7.00. The van der Waals surface area contributed by atoms with Crippen molar-refractivity contribution in [3.8, 4) is 0 Å². The maximum atomic E-state index is 7.57. The standard InChI is InChI=1S/4C2H6O.C2H5O.2C2H5.Al.Ti/c5*1-2-3;2*1-2;;/h4*3H,2H2,1H3;2H2,1H3;2*1H2,2H3;;/q;;;;-1;;;+1;. The van der Waals surface area contributed by atoms with E-state index in [1.54, 1.807) is 27.7 Å². The fourth-order valence-electron chi connectivity index (χ4n) is 0.760. The van der Waals surface area contributed by atoms with E-state index in [4.69, 9.17) is 24.2 Å². The number of aliphatic hydroxyl groups excluding tert-OH is 4. The summed E-state index contributed by atoms with van der Waals surface area (Å²) in [6.45, 7) is 15.1. The van der Waals surface area contributed by atoms with E-state index in [1.807, 2.05) is 0 Å². The van der Waals surface area contributed by atoms with Crippen LogP contribution in [0.4, 0.5) is 0 Å². The molecule has 0 aliphatic rings. The Labute approximate surface area is 152 Å². The molecule has 132 valence electrons. The molecule has 0 bridgehead atoms. The monoisotopic (exact) mass is 362 g/mol. The Morgan fingerprint density at radius 2 is 0.810 bits per heavy atom. The van der Waals surface area contributed by atoms with Crippen molar-refractivity contribution >= 4 is 14.5 Å². The van der Waals surface area contributed by atoms with E-state index in [9.17, 15) is 0 Å². The van der Waals surface area contributed by atoms with Gasteiger partial charge in [0.05, 0.1) is 0 Å². The Bertz CT molecular complexity index is 91.4. The van der Waals surface area contributed by atoms with E-state index in [1.165, 1.54) is 10.6 Å². The molecule has 0 saturated carbocycles. The third-order valence-electron chi connectivity index (χ3n) is 1.31. The fourth-order valence-corrected chi connectivity index (χ4v) is 2.28. The predicted octanol–water partition coefficient (Wildman–Crippen LogP) is 2.05. The van der Waals surface area contributed by atoms with Crippen LogP contribution >= 0.6 is 0 Å². The molecule has 7 heteroatoms. The first-order valence-electron chi connectivity index (χ1n) is 7.56. The molecule has 0 fully saturated rings. The van der Waals surface area contributed by atoms with Crippen LogP contribution in [-0.4, -0.2) is 67.9 Å². The second kappa shape index (κ2) is 58.3. The van der Waals surface area contributed by atoms with Crippen molar-refractivity contribution in [3.05, 3.63) is 0 Å². The van der Waals surface area contributed by atoms with Gasteiger partial charge in [-0.05, 0) is 34.6 Å². The van der Waals surface area contributed by atoms with Crippen LogP contribution in [0.25, 0.3) is 0 Å². The summed E-state index contributed by atoms with van der Waals surface area (Å²) in [7, 11) is 0. The number of aliphatic hydroxyl groups is 4. The SMILES string of the molecule is CCO.CCO.CCO.CCO.CC[O][Al]([CH2]C)[CH2]C.[Ti]. The van der Waals surface area contributed by atoms with E-state index in [-0.39, 0.29) is 48.1 Å². The van der Waals surface area contributed by atoms with Crippen LogP contribution in [-0.2, 0) is 25.5 Å². The van der Waals surface area contributed by atoms with Crippen LogP contribution in [0.5, 0.6) is 0 Å². The summed E-state index contributed by atoms with van der Waals surface area (Å²) in [5.41, 5.74) is 0. The zero-order valence-corrected chi connectivity index (χ0v) is 17.9. The summed E-state index contributed by atoms with van der Waals surface area (Å²) < 4.78 is 5.48. The molecule has 0 heterocycles. The van der Waals surface area contributed by atoms with Gasteiger partial charge >= 0.3 is 14.5 Å². The van der Waals surface area contributed by atoms with Gasteiger partial charge in [0.15, 0.2) is 0 Å². The molecule has 0 radical (unpaired) electrons. The maximum absolute atomic E-state index is 7.57. The van der Waals surface area contributed by atoms with Crippen LogP contribution in [0.2, 0.25) is 10.6 Å². The summed E-state index contributed by atoms with van der Waals surface area (Å²) >= 11 is -0.692. The van der Waals surface area contributed by atoms with Crippen molar-refractivity contribution in [2.24, 2.45) is 0 Å². The minimum atomic E-state index is -0.692. The molecule has 0 atom stereocenters. The molecule has 0 spiro atoms. The summed E-state index contributed by atoms with van der Waals surface area (Å²) in [6, 6.07) is 0. The molecule has 0 aromatic heterocycles. The van der Waals surface area contributed by atoms with Gasteiger partial charge in [-0.15, -0.1) is 0 Å². The van der Waals surface area contributed by atoms with Gasteiger partial charge in [-0.1, -0.05) is 24.4 Å². The van der Waals surface area contributed by atoms with Crippen LogP contribution in [0.15, 0.2) is 0 Å². The van der Waals surface area contributed by atoms with Crippen molar-refractivity contribution in [1.29, 1.82) is 0 Å². The van der Waals surface area contributed by atoms with Crippen LogP contribution in [0, 0.1) is 0 Å². The number of rotatable bonds is 4. The first-order valence-corrected chi connectivity index (χ1v) is 9.66. The van der Waals surface area contributed by atoms with Crippen molar-refractivity contribution in [3.63, 3.8) is 0 Å². The second-order valence-corrected chi connectivity index (χ2v) is 6.37. The van der Waals surface area contributed by atoms with Gasteiger partial charge in [0.25, 0.3) is 0 Å². The summed E-state index contributed by atoms with van der Waals surface area (Å²) in [4.78, 5) is 0. The van der Waals surface area contributed by atoms with E-state index in [0.29, 0.717) is 0 Å². The smallest absolute Gasteiger partial charge is 0.460 e. The Hall–Kier alpha value is 1.05. The van der Waals surface area contributed by atoms with Crippen LogP contribution < -0.4 is 0 Å². The van der Waals surface area contributed by atoms with Crippen molar-refractivity contribution in [2.45, 2.75) is 59.0 Å². The van der Waals surface area contributed by atoms with Crippen molar-refractivity contribution in [2.75, 3.05) is 33.0 Å². The van der Waals surface area contributed by atoms with Crippen LogP contribution in [0.3, 0.4) is 0 Å². The molecule has 0 aromatic rings. The molecule has 0 saturated heterocycles. The molecular weight excluding hydrogens is 323 g/mol. The third kappa shape index (κ3) is 118. The van der Waals surface area contributed by atoms with Gasteiger partial charge in [-0.25, -0.2) is 0 Å². The van der Waals surface area contributed by atoms with Gasteiger partial charge in [0.2, 0.25) is 0 Å². The first-order chi connectivity index (χ1) is 9.50. The van der Waals surface area contributed by atoms with Gasteiger partial charge < -0.3 is 24.2 Å². The Morgan fingerprint density at radius 1 is 0.619 bits per heavy atom. The minimum absolute atomic E-state index is 0. The molecule has 21 heavy (non-hydrogen) atoms.